The molecule has 1 aliphatic rings. The summed E-state index contributed by atoms with van der Waals surface area (Å²) >= 11 is 0. The zero-order valence-corrected chi connectivity index (χ0v) is 13.8. The molecular formula is C16H32N2O2. The summed E-state index contributed by atoms with van der Waals surface area (Å²) in [5.74, 6) is 0.589. The highest BCUT2D eigenvalue weighted by Gasteiger charge is 2.35. The van der Waals surface area contributed by atoms with Crippen molar-refractivity contribution in [3.8, 4) is 0 Å². The van der Waals surface area contributed by atoms with E-state index in [2.05, 4.69) is 38.3 Å². The van der Waals surface area contributed by atoms with E-state index in [-0.39, 0.29) is 17.6 Å². The summed E-state index contributed by atoms with van der Waals surface area (Å²) < 4.78 is 5.97. The first-order chi connectivity index (χ1) is 9.42. The van der Waals surface area contributed by atoms with Crippen molar-refractivity contribution in [2.45, 2.75) is 78.0 Å². The van der Waals surface area contributed by atoms with Crippen molar-refractivity contribution in [1.82, 2.24) is 10.6 Å². The summed E-state index contributed by atoms with van der Waals surface area (Å²) in [4.78, 5) is 12.0. The summed E-state index contributed by atoms with van der Waals surface area (Å²) in [6, 6.07) is 0.242. The lowest BCUT2D eigenvalue weighted by atomic mass is 9.85. The van der Waals surface area contributed by atoms with E-state index < -0.39 is 0 Å². The standard InChI is InChI=1S/C16H32N2O2/c1-6-16(7-2)10-14(8-9-20-16)18-13(5)15(19)17-11-12(3)4/h12-14,18H,6-11H2,1-5H3,(H,17,19). The Balaban J connectivity index is 2.45. The summed E-state index contributed by atoms with van der Waals surface area (Å²) in [5, 5.41) is 6.46. The van der Waals surface area contributed by atoms with Gasteiger partial charge in [0.05, 0.1) is 11.6 Å². The molecule has 0 aromatic heterocycles. The van der Waals surface area contributed by atoms with Crippen LogP contribution in [0.3, 0.4) is 0 Å². The van der Waals surface area contributed by atoms with Gasteiger partial charge < -0.3 is 15.4 Å². The van der Waals surface area contributed by atoms with Gasteiger partial charge in [-0.15, -0.1) is 0 Å². The van der Waals surface area contributed by atoms with Crippen LogP contribution in [0.2, 0.25) is 0 Å². The first kappa shape index (κ1) is 17.4. The fraction of sp³-hybridized carbons (Fsp3) is 0.938. The van der Waals surface area contributed by atoms with Crippen LogP contribution in [0.15, 0.2) is 0 Å². The SMILES string of the molecule is CCC1(CC)CC(NC(C)C(=O)NCC(C)C)CCO1. The second kappa shape index (κ2) is 7.99. The van der Waals surface area contributed by atoms with Crippen molar-refractivity contribution in [1.29, 1.82) is 0 Å². The minimum atomic E-state index is -0.136. The number of amides is 1. The summed E-state index contributed by atoms with van der Waals surface area (Å²) in [5.41, 5.74) is 0.00401. The zero-order valence-electron chi connectivity index (χ0n) is 13.8. The Morgan fingerprint density at radius 1 is 1.30 bits per heavy atom. The molecule has 1 aliphatic heterocycles. The maximum absolute atomic E-state index is 12.0. The quantitative estimate of drug-likeness (QED) is 0.755. The predicted molar refractivity (Wildman–Crippen MR) is 82.7 cm³/mol. The maximum Gasteiger partial charge on any atom is 0.236 e. The second-order valence-electron chi connectivity index (χ2n) is 6.46. The number of hydrogen-bond donors (Lipinski definition) is 2. The fourth-order valence-corrected chi connectivity index (χ4v) is 2.80. The Morgan fingerprint density at radius 3 is 2.50 bits per heavy atom. The monoisotopic (exact) mass is 284 g/mol. The molecule has 1 fully saturated rings. The van der Waals surface area contributed by atoms with Gasteiger partial charge in [-0.05, 0) is 38.5 Å². The van der Waals surface area contributed by atoms with Crippen LogP contribution in [0.5, 0.6) is 0 Å². The highest BCUT2D eigenvalue weighted by Crippen LogP contribution is 2.31. The molecule has 0 saturated carbocycles. The summed E-state index contributed by atoms with van der Waals surface area (Å²) in [7, 11) is 0. The number of hydrogen-bond acceptors (Lipinski definition) is 3. The van der Waals surface area contributed by atoms with Crippen LogP contribution in [-0.4, -0.2) is 36.7 Å². The molecule has 1 amide bonds. The molecule has 20 heavy (non-hydrogen) atoms. The van der Waals surface area contributed by atoms with Gasteiger partial charge in [0.1, 0.15) is 0 Å². The van der Waals surface area contributed by atoms with Gasteiger partial charge in [-0.1, -0.05) is 27.7 Å². The van der Waals surface area contributed by atoms with Crippen LogP contribution < -0.4 is 10.6 Å². The molecule has 0 aliphatic carbocycles. The molecule has 1 saturated heterocycles. The van der Waals surface area contributed by atoms with E-state index >= 15 is 0 Å². The number of nitrogens with one attached hydrogen (secondary N) is 2. The number of carbonyl (C=O) groups is 1. The summed E-state index contributed by atoms with van der Waals surface area (Å²) in [6.45, 7) is 12.1. The van der Waals surface area contributed by atoms with Crippen molar-refractivity contribution < 1.29 is 9.53 Å². The number of ether oxygens (including phenoxy) is 1. The molecule has 4 heteroatoms. The lowest BCUT2D eigenvalue weighted by molar-refractivity contribution is -0.124. The van der Waals surface area contributed by atoms with Gasteiger partial charge in [0.15, 0.2) is 0 Å². The predicted octanol–water partition coefficient (Wildman–Crippen LogP) is 2.47. The maximum atomic E-state index is 12.0. The molecule has 4 nitrogen and oxygen atoms in total. The van der Waals surface area contributed by atoms with Crippen LogP contribution in [0.4, 0.5) is 0 Å². The Labute approximate surface area is 124 Å². The van der Waals surface area contributed by atoms with E-state index in [1.165, 1.54) is 0 Å². The van der Waals surface area contributed by atoms with Crippen molar-refractivity contribution in [2.24, 2.45) is 5.92 Å². The molecule has 0 spiro atoms. The van der Waals surface area contributed by atoms with Gasteiger partial charge in [0, 0.05) is 19.2 Å². The van der Waals surface area contributed by atoms with Gasteiger partial charge in [-0.25, -0.2) is 0 Å². The molecule has 0 aromatic carbocycles. The minimum absolute atomic E-state index is 0.00401. The molecular weight excluding hydrogens is 252 g/mol. The lowest BCUT2D eigenvalue weighted by Crippen LogP contribution is -2.52. The Bertz CT molecular complexity index is 301. The molecule has 1 rings (SSSR count). The molecule has 118 valence electrons. The number of rotatable bonds is 7. The molecule has 0 radical (unpaired) electrons. The van der Waals surface area contributed by atoms with Crippen LogP contribution >= 0.6 is 0 Å². The van der Waals surface area contributed by atoms with E-state index in [1.54, 1.807) is 0 Å². The van der Waals surface area contributed by atoms with Gasteiger partial charge in [-0.2, -0.15) is 0 Å². The van der Waals surface area contributed by atoms with Gasteiger partial charge >= 0.3 is 0 Å². The number of carbonyl (C=O) groups excluding carboxylic acids is 1. The van der Waals surface area contributed by atoms with E-state index in [0.717, 1.165) is 38.8 Å². The minimum Gasteiger partial charge on any atom is -0.375 e. The van der Waals surface area contributed by atoms with Crippen molar-refractivity contribution in [3.05, 3.63) is 0 Å². The smallest absolute Gasteiger partial charge is 0.236 e. The van der Waals surface area contributed by atoms with Crippen molar-refractivity contribution in [2.75, 3.05) is 13.2 Å². The van der Waals surface area contributed by atoms with Gasteiger partial charge in [0.2, 0.25) is 5.91 Å². The topological polar surface area (TPSA) is 50.4 Å². The third-order valence-corrected chi connectivity index (χ3v) is 4.35. The average Bonchev–Trinajstić information content (AvgIpc) is 2.44. The Kier molecular flexibility index (Phi) is 6.96. The van der Waals surface area contributed by atoms with Crippen molar-refractivity contribution in [3.63, 3.8) is 0 Å². The highest BCUT2D eigenvalue weighted by atomic mass is 16.5. The third-order valence-electron chi connectivity index (χ3n) is 4.35. The van der Waals surface area contributed by atoms with E-state index in [9.17, 15) is 4.79 Å². The molecule has 2 atom stereocenters. The van der Waals surface area contributed by atoms with Crippen molar-refractivity contribution >= 4 is 5.91 Å². The first-order valence-corrected chi connectivity index (χ1v) is 8.10. The van der Waals surface area contributed by atoms with E-state index in [0.29, 0.717) is 12.0 Å². The zero-order chi connectivity index (χ0) is 15.2. The van der Waals surface area contributed by atoms with Crippen LogP contribution in [-0.2, 0) is 9.53 Å². The van der Waals surface area contributed by atoms with E-state index in [1.807, 2.05) is 6.92 Å². The van der Waals surface area contributed by atoms with Crippen LogP contribution in [0, 0.1) is 5.92 Å². The first-order valence-electron chi connectivity index (χ1n) is 8.10. The largest absolute Gasteiger partial charge is 0.375 e. The van der Waals surface area contributed by atoms with Crippen LogP contribution in [0.1, 0.15) is 60.3 Å². The fourth-order valence-electron chi connectivity index (χ4n) is 2.80. The molecule has 1 heterocycles. The van der Waals surface area contributed by atoms with E-state index in [4.69, 9.17) is 4.74 Å². The lowest BCUT2D eigenvalue weighted by Gasteiger charge is -2.41. The third kappa shape index (κ3) is 5.06. The average molecular weight is 284 g/mol. The second-order valence-corrected chi connectivity index (χ2v) is 6.46. The molecule has 2 unspecified atom stereocenters. The Hall–Kier alpha value is -0.610. The van der Waals surface area contributed by atoms with Gasteiger partial charge in [0.25, 0.3) is 0 Å². The van der Waals surface area contributed by atoms with Gasteiger partial charge in [-0.3, -0.25) is 4.79 Å². The molecule has 0 bridgehead atoms. The Morgan fingerprint density at radius 2 is 1.95 bits per heavy atom. The van der Waals surface area contributed by atoms with Crippen LogP contribution in [0.25, 0.3) is 0 Å². The summed E-state index contributed by atoms with van der Waals surface area (Å²) in [6.07, 6.45) is 4.07. The molecule has 0 aromatic rings. The molecule has 2 N–H and O–H groups in total. The highest BCUT2D eigenvalue weighted by molar-refractivity contribution is 5.81. The normalized spacial score (nSPS) is 23.6.